The minimum absolute atomic E-state index is 0.138. The van der Waals surface area contributed by atoms with Crippen molar-refractivity contribution in [2.24, 2.45) is 0 Å². The van der Waals surface area contributed by atoms with Crippen molar-refractivity contribution in [3.8, 4) is 0 Å². The summed E-state index contributed by atoms with van der Waals surface area (Å²) in [5.41, 5.74) is 0. The predicted molar refractivity (Wildman–Crippen MR) is 74.6 cm³/mol. The molecule has 2 rings (SSSR count). The Balaban J connectivity index is 2.00. The van der Waals surface area contributed by atoms with E-state index in [1.165, 1.54) is 32.1 Å². The van der Waals surface area contributed by atoms with Gasteiger partial charge in [0.15, 0.2) is 0 Å². The maximum absolute atomic E-state index is 11.4. The molecule has 2 saturated heterocycles. The molecule has 2 fully saturated rings. The van der Waals surface area contributed by atoms with Gasteiger partial charge in [0.05, 0.1) is 5.75 Å². The van der Waals surface area contributed by atoms with E-state index < -0.39 is 9.84 Å². The van der Waals surface area contributed by atoms with Gasteiger partial charge in [-0.2, -0.15) is 0 Å². The summed E-state index contributed by atoms with van der Waals surface area (Å²) in [4.78, 5) is 4.99. The molecular weight excluding hydrogens is 248 g/mol. The van der Waals surface area contributed by atoms with Crippen LogP contribution in [0.1, 0.15) is 33.1 Å². The molecule has 18 heavy (non-hydrogen) atoms. The van der Waals surface area contributed by atoms with Gasteiger partial charge in [0.1, 0.15) is 9.84 Å². The highest BCUT2D eigenvalue weighted by molar-refractivity contribution is 7.90. The summed E-state index contributed by atoms with van der Waals surface area (Å²) < 4.78 is 22.9. The molecule has 0 bridgehead atoms. The molecule has 3 unspecified atom stereocenters. The maximum atomic E-state index is 11.4. The SMILES string of the molecule is CC1CN2CCCCC2CN1C(C)CS(C)(=O)=O. The van der Waals surface area contributed by atoms with Gasteiger partial charge in [0.2, 0.25) is 0 Å². The van der Waals surface area contributed by atoms with Crippen LogP contribution in [0.2, 0.25) is 0 Å². The molecule has 2 heterocycles. The van der Waals surface area contributed by atoms with E-state index in [4.69, 9.17) is 0 Å². The average molecular weight is 274 g/mol. The molecule has 0 aromatic carbocycles. The first-order chi connectivity index (χ1) is 8.37. The fourth-order valence-electron chi connectivity index (χ4n) is 3.52. The Kier molecular flexibility index (Phi) is 4.34. The molecule has 5 heteroatoms. The van der Waals surface area contributed by atoms with Crippen LogP contribution in [0.4, 0.5) is 0 Å². The summed E-state index contributed by atoms with van der Waals surface area (Å²) in [6.45, 7) is 7.64. The lowest BCUT2D eigenvalue weighted by Gasteiger charge is -2.49. The number of hydrogen-bond donors (Lipinski definition) is 0. The Morgan fingerprint density at radius 1 is 1.28 bits per heavy atom. The second kappa shape index (κ2) is 5.47. The zero-order chi connectivity index (χ0) is 13.3. The van der Waals surface area contributed by atoms with Crippen LogP contribution in [0.3, 0.4) is 0 Å². The van der Waals surface area contributed by atoms with Crippen molar-refractivity contribution >= 4 is 9.84 Å². The number of fused-ring (bicyclic) bond motifs is 1. The fraction of sp³-hybridized carbons (Fsp3) is 1.00. The smallest absolute Gasteiger partial charge is 0.148 e. The molecule has 2 aliphatic rings. The monoisotopic (exact) mass is 274 g/mol. The first-order valence-electron chi connectivity index (χ1n) is 7.04. The number of piperidine rings is 1. The van der Waals surface area contributed by atoms with E-state index in [9.17, 15) is 8.42 Å². The van der Waals surface area contributed by atoms with Crippen molar-refractivity contribution in [1.82, 2.24) is 9.80 Å². The van der Waals surface area contributed by atoms with E-state index in [1.807, 2.05) is 0 Å². The molecule has 4 nitrogen and oxygen atoms in total. The summed E-state index contributed by atoms with van der Waals surface area (Å²) >= 11 is 0. The van der Waals surface area contributed by atoms with Crippen molar-refractivity contribution < 1.29 is 8.42 Å². The molecule has 0 aromatic heterocycles. The third-order valence-corrected chi connectivity index (χ3v) is 5.43. The Bertz CT molecular complexity index is 382. The molecule has 0 aliphatic carbocycles. The maximum Gasteiger partial charge on any atom is 0.148 e. The third-order valence-electron chi connectivity index (χ3n) is 4.35. The van der Waals surface area contributed by atoms with Gasteiger partial charge in [-0.05, 0) is 33.2 Å². The molecule has 0 amide bonds. The second-order valence-electron chi connectivity index (χ2n) is 6.13. The summed E-state index contributed by atoms with van der Waals surface area (Å²) in [5, 5.41) is 0. The minimum atomic E-state index is -2.88. The predicted octanol–water partition coefficient (Wildman–Crippen LogP) is 0.978. The number of hydrogen-bond acceptors (Lipinski definition) is 4. The van der Waals surface area contributed by atoms with E-state index >= 15 is 0 Å². The zero-order valence-corrected chi connectivity index (χ0v) is 12.6. The second-order valence-corrected chi connectivity index (χ2v) is 8.32. The van der Waals surface area contributed by atoms with E-state index in [2.05, 4.69) is 23.6 Å². The molecule has 0 spiro atoms. The van der Waals surface area contributed by atoms with Gasteiger partial charge in [0, 0.05) is 37.5 Å². The van der Waals surface area contributed by atoms with Crippen molar-refractivity contribution in [2.45, 2.75) is 51.2 Å². The quantitative estimate of drug-likeness (QED) is 0.769. The topological polar surface area (TPSA) is 40.6 Å². The van der Waals surface area contributed by atoms with Crippen LogP contribution in [0, 0.1) is 0 Å². The lowest BCUT2D eigenvalue weighted by atomic mass is 9.96. The summed E-state index contributed by atoms with van der Waals surface area (Å²) in [7, 11) is -2.88. The van der Waals surface area contributed by atoms with Crippen molar-refractivity contribution in [1.29, 1.82) is 0 Å². The number of piperazine rings is 1. The number of nitrogens with zero attached hydrogens (tertiary/aromatic N) is 2. The van der Waals surface area contributed by atoms with Gasteiger partial charge in [-0.15, -0.1) is 0 Å². The van der Waals surface area contributed by atoms with Gasteiger partial charge in [-0.25, -0.2) is 8.42 Å². The molecule has 2 aliphatic heterocycles. The van der Waals surface area contributed by atoms with Crippen molar-refractivity contribution in [3.05, 3.63) is 0 Å². The average Bonchev–Trinajstić information content (AvgIpc) is 2.25. The zero-order valence-electron chi connectivity index (χ0n) is 11.8. The first-order valence-corrected chi connectivity index (χ1v) is 9.10. The lowest BCUT2D eigenvalue weighted by Crippen LogP contribution is -2.61. The molecule has 0 radical (unpaired) electrons. The Morgan fingerprint density at radius 3 is 2.67 bits per heavy atom. The van der Waals surface area contributed by atoms with Gasteiger partial charge >= 0.3 is 0 Å². The van der Waals surface area contributed by atoms with Crippen LogP contribution in [0.15, 0.2) is 0 Å². The Hall–Kier alpha value is -0.130. The highest BCUT2D eigenvalue weighted by atomic mass is 32.2. The van der Waals surface area contributed by atoms with Gasteiger partial charge in [-0.1, -0.05) is 6.42 Å². The normalized spacial score (nSPS) is 33.1. The Labute approximate surface area is 111 Å². The largest absolute Gasteiger partial charge is 0.298 e. The van der Waals surface area contributed by atoms with Crippen LogP contribution in [-0.2, 0) is 9.84 Å². The van der Waals surface area contributed by atoms with Crippen molar-refractivity contribution in [2.75, 3.05) is 31.6 Å². The highest BCUT2D eigenvalue weighted by Gasteiger charge is 2.35. The molecule has 0 saturated carbocycles. The molecule has 3 atom stereocenters. The van der Waals surface area contributed by atoms with Gasteiger partial charge in [-0.3, -0.25) is 9.80 Å². The van der Waals surface area contributed by atoms with Crippen LogP contribution in [0.25, 0.3) is 0 Å². The first kappa shape index (κ1) is 14.3. The summed E-state index contributed by atoms with van der Waals surface area (Å²) in [5.74, 6) is 0.282. The van der Waals surface area contributed by atoms with Crippen LogP contribution in [-0.4, -0.2) is 68.0 Å². The minimum Gasteiger partial charge on any atom is -0.298 e. The van der Waals surface area contributed by atoms with E-state index in [0.717, 1.165) is 13.1 Å². The lowest BCUT2D eigenvalue weighted by molar-refractivity contribution is 0.000428. The highest BCUT2D eigenvalue weighted by Crippen LogP contribution is 2.25. The van der Waals surface area contributed by atoms with E-state index in [-0.39, 0.29) is 11.8 Å². The van der Waals surface area contributed by atoms with E-state index in [0.29, 0.717) is 12.1 Å². The van der Waals surface area contributed by atoms with Gasteiger partial charge < -0.3 is 0 Å². The van der Waals surface area contributed by atoms with Crippen molar-refractivity contribution in [3.63, 3.8) is 0 Å². The van der Waals surface area contributed by atoms with E-state index in [1.54, 1.807) is 0 Å². The van der Waals surface area contributed by atoms with Gasteiger partial charge in [0.25, 0.3) is 0 Å². The third kappa shape index (κ3) is 3.45. The standard InChI is InChI=1S/C13H26N2O2S/c1-11-8-14-7-5-4-6-13(14)9-15(11)12(2)10-18(3,16)17/h11-13H,4-10H2,1-3H3. The number of sulfone groups is 1. The molecule has 0 aromatic rings. The molecular formula is C13H26N2O2S. The fourth-order valence-corrected chi connectivity index (χ4v) is 4.59. The number of rotatable bonds is 3. The van der Waals surface area contributed by atoms with Crippen LogP contribution in [0.5, 0.6) is 0 Å². The van der Waals surface area contributed by atoms with Crippen LogP contribution < -0.4 is 0 Å². The Morgan fingerprint density at radius 2 is 2.00 bits per heavy atom. The molecule has 0 N–H and O–H groups in total. The summed E-state index contributed by atoms with van der Waals surface area (Å²) in [6.07, 6.45) is 5.26. The molecule has 106 valence electrons. The van der Waals surface area contributed by atoms with Crippen LogP contribution >= 0.6 is 0 Å². The summed E-state index contributed by atoms with van der Waals surface area (Å²) in [6, 6.07) is 1.26.